The summed E-state index contributed by atoms with van der Waals surface area (Å²) in [6, 6.07) is 0. The molecular weight excluding hydrogens is 288 g/mol. The van der Waals surface area contributed by atoms with E-state index < -0.39 is 12.1 Å². The first-order valence-electron chi connectivity index (χ1n) is 8.71. The lowest BCUT2D eigenvalue weighted by Crippen LogP contribution is -2.00. The predicted molar refractivity (Wildman–Crippen MR) is 97.4 cm³/mol. The maximum absolute atomic E-state index is 10.3. The zero-order valence-electron chi connectivity index (χ0n) is 14.4. The Morgan fingerprint density at radius 1 is 0.913 bits per heavy atom. The lowest BCUT2D eigenvalue weighted by Gasteiger charge is -2.01. The lowest BCUT2D eigenvalue weighted by molar-refractivity contribution is -0.136. The van der Waals surface area contributed by atoms with Gasteiger partial charge >= 0.3 is 5.97 Å². The van der Waals surface area contributed by atoms with Crippen LogP contribution in [0.1, 0.15) is 64.7 Å². The van der Waals surface area contributed by atoms with Crippen molar-refractivity contribution in [2.75, 3.05) is 0 Å². The first-order valence-corrected chi connectivity index (χ1v) is 8.71. The highest BCUT2D eigenvalue weighted by molar-refractivity contribution is 5.66. The van der Waals surface area contributed by atoms with Crippen molar-refractivity contribution < 1.29 is 15.0 Å². The van der Waals surface area contributed by atoms with E-state index in [1.807, 2.05) is 36.5 Å². The van der Waals surface area contributed by atoms with Crippen LogP contribution in [-0.2, 0) is 4.79 Å². The monoisotopic (exact) mass is 320 g/mol. The minimum atomic E-state index is -0.778. The Kier molecular flexibility index (Phi) is 15.6. The molecule has 130 valence electrons. The van der Waals surface area contributed by atoms with Gasteiger partial charge in [-0.1, -0.05) is 74.8 Å². The summed E-state index contributed by atoms with van der Waals surface area (Å²) < 4.78 is 0. The molecule has 0 radical (unpaired) electrons. The van der Waals surface area contributed by atoms with Gasteiger partial charge in [-0.15, -0.1) is 0 Å². The zero-order valence-corrected chi connectivity index (χ0v) is 14.4. The van der Waals surface area contributed by atoms with Gasteiger partial charge in [-0.2, -0.15) is 0 Å². The van der Waals surface area contributed by atoms with Gasteiger partial charge in [0.15, 0.2) is 0 Å². The number of hydrogen-bond acceptors (Lipinski definition) is 2. The van der Waals surface area contributed by atoms with Crippen LogP contribution in [0.25, 0.3) is 0 Å². The number of allylic oxidation sites excluding steroid dienone is 7. The number of hydrogen-bond donors (Lipinski definition) is 2. The Morgan fingerprint density at radius 2 is 1.65 bits per heavy atom. The highest BCUT2D eigenvalue weighted by atomic mass is 16.4. The lowest BCUT2D eigenvalue weighted by atomic mass is 10.1. The molecule has 0 aliphatic carbocycles. The molecule has 0 saturated carbocycles. The quantitative estimate of drug-likeness (QED) is 0.263. The summed E-state index contributed by atoms with van der Waals surface area (Å²) in [6.07, 6.45) is 23.5. The first kappa shape index (κ1) is 21.4. The molecular formula is C20H32O3. The van der Waals surface area contributed by atoms with Gasteiger partial charge in [-0.3, -0.25) is 4.79 Å². The van der Waals surface area contributed by atoms with Gasteiger partial charge in [0.1, 0.15) is 0 Å². The topological polar surface area (TPSA) is 57.5 Å². The van der Waals surface area contributed by atoms with Crippen LogP contribution in [0.15, 0.2) is 48.6 Å². The van der Waals surface area contributed by atoms with Crippen molar-refractivity contribution >= 4 is 5.97 Å². The molecule has 3 nitrogen and oxygen atoms in total. The molecule has 1 atom stereocenters. The van der Waals surface area contributed by atoms with Crippen molar-refractivity contribution in [3.05, 3.63) is 48.6 Å². The molecule has 2 N–H and O–H groups in total. The van der Waals surface area contributed by atoms with E-state index in [1.165, 1.54) is 25.7 Å². The maximum Gasteiger partial charge on any atom is 0.303 e. The number of aliphatic hydroxyl groups is 1. The molecule has 0 aromatic heterocycles. The normalized spacial score (nSPS) is 13.8. The molecule has 0 heterocycles. The third kappa shape index (κ3) is 18.3. The van der Waals surface area contributed by atoms with Crippen LogP contribution in [0, 0.1) is 0 Å². The average molecular weight is 320 g/mol. The molecule has 0 bridgehead atoms. The summed E-state index contributed by atoms with van der Waals surface area (Å²) >= 11 is 0. The fourth-order valence-electron chi connectivity index (χ4n) is 1.99. The Bertz CT molecular complexity index is 392. The number of rotatable bonds is 14. The van der Waals surface area contributed by atoms with E-state index in [9.17, 15) is 9.90 Å². The van der Waals surface area contributed by atoms with E-state index in [1.54, 1.807) is 6.08 Å². The number of aliphatic carboxylic acids is 1. The molecule has 0 spiro atoms. The number of aliphatic hydroxyl groups excluding tert-OH is 1. The van der Waals surface area contributed by atoms with Crippen molar-refractivity contribution in [1.29, 1.82) is 0 Å². The van der Waals surface area contributed by atoms with Crippen LogP contribution in [0.4, 0.5) is 0 Å². The van der Waals surface area contributed by atoms with Crippen molar-refractivity contribution in [2.24, 2.45) is 0 Å². The summed E-state index contributed by atoms with van der Waals surface area (Å²) in [5.41, 5.74) is 0. The van der Waals surface area contributed by atoms with Crippen LogP contribution in [0.2, 0.25) is 0 Å². The highest BCUT2D eigenvalue weighted by Crippen LogP contribution is 2.03. The van der Waals surface area contributed by atoms with E-state index >= 15 is 0 Å². The fraction of sp³-hybridized carbons (Fsp3) is 0.550. The van der Waals surface area contributed by atoms with Crippen LogP contribution >= 0.6 is 0 Å². The van der Waals surface area contributed by atoms with Gasteiger partial charge in [-0.05, 0) is 32.1 Å². The van der Waals surface area contributed by atoms with E-state index in [0.29, 0.717) is 12.8 Å². The average Bonchev–Trinajstić information content (AvgIpc) is 2.52. The summed E-state index contributed by atoms with van der Waals surface area (Å²) in [7, 11) is 0. The summed E-state index contributed by atoms with van der Waals surface area (Å²) in [6.45, 7) is 2.22. The molecule has 1 unspecified atom stereocenters. The van der Waals surface area contributed by atoms with Crippen LogP contribution in [0.5, 0.6) is 0 Å². The van der Waals surface area contributed by atoms with Crippen LogP contribution in [0.3, 0.4) is 0 Å². The van der Waals surface area contributed by atoms with Gasteiger partial charge in [0.25, 0.3) is 0 Å². The smallest absolute Gasteiger partial charge is 0.303 e. The van der Waals surface area contributed by atoms with Gasteiger partial charge < -0.3 is 10.2 Å². The molecule has 0 aliphatic rings. The first-order chi connectivity index (χ1) is 11.2. The molecule has 23 heavy (non-hydrogen) atoms. The molecule has 0 amide bonds. The van der Waals surface area contributed by atoms with E-state index in [-0.39, 0.29) is 6.42 Å². The maximum atomic E-state index is 10.3. The van der Waals surface area contributed by atoms with Crippen molar-refractivity contribution in [1.82, 2.24) is 0 Å². The van der Waals surface area contributed by atoms with Gasteiger partial charge in [-0.25, -0.2) is 0 Å². The minimum Gasteiger partial charge on any atom is -0.481 e. The number of carboxylic acids is 1. The predicted octanol–water partition coefficient (Wildman–Crippen LogP) is 5.19. The molecule has 0 aliphatic heterocycles. The Labute approximate surface area is 141 Å². The molecule has 0 aromatic carbocycles. The van der Waals surface area contributed by atoms with Gasteiger partial charge in [0, 0.05) is 6.42 Å². The summed E-state index contributed by atoms with van der Waals surface area (Å²) in [5, 5.41) is 18.2. The molecule has 0 saturated heterocycles. The number of carboxylic acid groups (broad SMARTS) is 1. The Balaban J connectivity index is 3.63. The third-order valence-corrected chi connectivity index (χ3v) is 3.35. The minimum absolute atomic E-state index is 0.163. The third-order valence-electron chi connectivity index (χ3n) is 3.35. The van der Waals surface area contributed by atoms with Gasteiger partial charge in [0.2, 0.25) is 0 Å². The summed E-state index contributed by atoms with van der Waals surface area (Å²) in [5.74, 6) is -0.778. The Hall–Kier alpha value is -1.61. The van der Waals surface area contributed by atoms with Crippen LogP contribution < -0.4 is 0 Å². The van der Waals surface area contributed by atoms with E-state index in [2.05, 4.69) is 13.0 Å². The summed E-state index contributed by atoms with van der Waals surface area (Å²) in [4.78, 5) is 10.3. The van der Waals surface area contributed by atoms with E-state index in [4.69, 9.17) is 5.11 Å². The standard InChI is InChI=1S/C20H32O3/c1-2-3-4-5-6-7-8-9-10-13-16-19(21)17-14-11-12-15-18-20(22)23/h7-13,16,19,21H,2-6,14-15,17-18H2,1H3,(H,22,23)/b8-7+,10-9+,12-11-,16-13+. The van der Waals surface area contributed by atoms with Gasteiger partial charge in [0.05, 0.1) is 6.10 Å². The molecule has 0 rings (SSSR count). The van der Waals surface area contributed by atoms with Crippen molar-refractivity contribution in [2.45, 2.75) is 70.8 Å². The second-order valence-corrected chi connectivity index (χ2v) is 5.60. The molecule has 3 heteroatoms. The van der Waals surface area contributed by atoms with Crippen molar-refractivity contribution in [3.8, 4) is 0 Å². The fourth-order valence-corrected chi connectivity index (χ4v) is 1.99. The number of unbranched alkanes of at least 4 members (excludes halogenated alkanes) is 4. The highest BCUT2D eigenvalue weighted by Gasteiger charge is 1.96. The second-order valence-electron chi connectivity index (χ2n) is 5.60. The van der Waals surface area contributed by atoms with E-state index in [0.717, 1.165) is 12.8 Å². The zero-order chi connectivity index (χ0) is 17.2. The Morgan fingerprint density at radius 3 is 2.39 bits per heavy atom. The molecule has 0 aromatic rings. The largest absolute Gasteiger partial charge is 0.481 e. The molecule has 0 fully saturated rings. The second kappa shape index (κ2) is 16.8. The van der Waals surface area contributed by atoms with Crippen molar-refractivity contribution in [3.63, 3.8) is 0 Å². The number of carbonyl (C=O) groups is 1. The van der Waals surface area contributed by atoms with Crippen LogP contribution in [-0.4, -0.2) is 22.3 Å². The SMILES string of the molecule is CCCCCC/C=C/C=C/C=C/C(O)CC/C=C\CCC(=O)O.